The first-order valence-corrected chi connectivity index (χ1v) is 7.77. The second kappa shape index (κ2) is 8.72. The summed E-state index contributed by atoms with van der Waals surface area (Å²) in [5.74, 6) is -0.483. The number of amides is 1. The molecular weight excluding hydrogens is 306 g/mol. The van der Waals surface area contributed by atoms with Crippen molar-refractivity contribution >= 4 is 11.9 Å². The van der Waals surface area contributed by atoms with E-state index in [0.29, 0.717) is 12.8 Å². The van der Waals surface area contributed by atoms with Gasteiger partial charge in [-0.15, -0.1) is 0 Å². The molecule has 0 aromatic heterocycles. The minimum absolute atomic E-state index is 0.191. The Hall–Kier alpha value is -2.82. The van der Waals surface area contributed by atoms with Crippen LogP contribution in [0.2, 0.25) is 0 Å². The van der Waals surface area contributed by atoms with Crippen molar-refractivity contribution in [3.63, 3.8) is 0 Å². The van der Waals surface area contributed by atoms with Crippen LogP contribution in [0, 0.1) is 0 Å². The summed E-state index contributed by atoms with van der Waals surface area (Å²) in [5.41, 5.74) is 1.90. The molecule has 1 unspecified atom stereocenters. The topological polar surface area (TPSA) is 75.6 Å². The number of aryl methyl sites for hydroxylation is 1. The van der Waals surface area contributed by atoms with E-state index in [1.807, 2.05) is 30.3 Å². The fraction of sp³-hybridized carbons (Fsp3) is 0.263. The largest absolute Gasteiger partial charge is 0.508 e. The normalized spacial score (nSPS) is 11.5. The number of carbonyl (C=O) groups is 2. The molecule has 5 nitrogen and oxygen atoms in total. The standard InChI is InChI=1S/C19H21NO4/c1-24-19(23)17(13-15-5-3-2-4-6-15)20-18(22)12-9-14-7-10-16(21)11-8-14/h2-8,10-11,17,21H,9,12-13H2,1H3,(H,20,22). The van der Waals surface area contributed by atoms with E-state index in [2.05, 4.69) is 5.32 Å². The van der Waals surface area contributed by atoms with Crippen LogP contribution in [-0.4, -0.2) is 30.1 Å². The molecule has 0 heterocycles. The van der Waals surface area contributed by atoms with Crippen molar-refractivity contribution in [1.82, 2.24) is 5.32 Å². The maximum atomic E-state index is 12.1. The molecule has 0 aliphatic rings. The van der Waals surface area contributed by atoms with Gasteiger partial charge in [0.15, 0.2) is 0 Å². The lowest BCUT2D eigenvalue weighted by molar-refractivity contribution is -0.145. The molecule has 2 aromatic carbocycles. The Bertz CT molecular complexity index is 668. The Morgan fingerprint density at radius 3 is 2.33 bits per heavy atom. The number of ether oxygens (including phenoxy) is 1. The van der Waals surface area contributed by atoms with Crippen LogP contribution in [0.4, 0.5) is 0 Å². The Labute approximate surface area is 141 Å². The number of phenolic OH excluding ortho intramolecular Hbond substituents is 1. The number of rotatable bonds is 7. The van der Waals surface area contributed by atoms with Gasteiger partial charge in [-0.05, 0) is 29.7 Å². The predicted molar refractivity (Wildman–Crippen MR) is 90.5 cm³/mol. The number of nitrogens with one attached hydrogen (secondary N) is 1. The van der Waals surface area contributed by atoms with Crippen LogP contribution in [0.15, 0.2) is 54.6 Å². The van der Waals surface area contributed by atoms with Crippen LogP contribution < -0.4 is 5.32 Å². The van der Waals surface area contributed by atoms with Crippen LogP contribution in [-0.2, 0) is 27.2 Å². The van der Waals surface area contributed by atoms with E-state index in [9.17, 15) is 14.7 Å². The lowest BCUT2D eigenvalue weighted by Crippen LogP contribution is -2.43. The third-order valence-electron chi connectivity index (χ3n) is 3.68. The van der Waals surface area contributed by atoms with Gasteiger partial charge in [-0.2, -0.15) is 0 Å². The molecule has 0 bridgehead atoms. The van der Waals surface area contributed by atoms with Crippen LogP contribution >= 0.6 is 0 Å². The molecule has 0 radical (unpaired) electrons. The second-order valence-corrected chi connectivity index (χ2v) is 5.50. The van der Waals surface area contributed by atoms with E-state index in [4.69, 9.17) is 4.74 Å². The molecule has 0 spiro atoms. The predicted octanol–water partition coefficient (Wildman–Crippen LogP) is 2.23. The molecule has 24 heavy (non-hydrogen) atoms. The minimum atomic E-state index is -0.704. The van der Waals surface area contributed by atoms with Crippen molar-refractivity contribution in [1.29, 1.82) is 0 Å². The highest BCUT2D eigenvalue weighted by Gasteiger charge is 2.21. The number of carbonyl (C=O) groups excluding carboxylic acids is 2. The zero-order valence-corrected chi connectivity index (χ0v) is 13.6. The first-order valence-electron chi connectivity index (χ1n) is 7.77. The molecule has 0 saturated carbocycles. The van der Waals surface area contributed by atoms with Crippen LogP contribution in [0.1, 0.15) is 17.5 Å². The maximum Gasteiger partial charge on any atom is 0.328 e. The molecule has 0 saturated heterocycles. The number of phenols is 1. The Morgan fingerprint density at radius 2 is 1.71 bits per heavy atom. The van der Waals surface area contributed by atoms with E-state index in [0.717, 1.165) is 11.1 Å². The SMILES string of the molecule is COC(=O)C(Cc1ccccc1)NC(=O)CCc1ccc(O)cc1. The molecule has 2 aromatic rings. The van der Waals surface area contributed by atoms with Gasteiger partial charge in [0.1, 0.15) is 11.8 Å². The molecule has 1 atom stereocenters. The van der Waals surface area contributed by atoms with E-state index in [-0.39, 0.29) is 18.1 Å². The number of hydrogen-bond donors (Lipinski definition) is 2. The Balaban J connectivity index is 1.91. The summed E-state index contributed by atoms with van der Waals surface area (Å²) in [7, 11) is 1.31. The molecule has 0 aliphatic carbocycles. The highest BCUT2D eigenvalue weighted by molar-refractivity contribution is 5.84. The summed E-state index contributed by atoms with van der Waals surface area (Å²) < 4.78 is 4.78. The minimum Gasteiger partial charge on any atom is -0.508 e. The zero-order valence-electron chi connectivity index (χ0n) is 13.6. The third-order valence-corrected chi connectivity index (χ3v) is 3.68. The van der Waals surface area contributed by atoms with Crippen molar-refractivity contribution in [2.24, 2.45) is 0 Å². The number of benzene rings is 2. The molecule has 126 valence electrons. The van der Waals surface area contributed by atoms with Gasteiger partial charge in [0.2, 0.25) is 5.91 Å². The Morgan fingerprint density at radius 1 is 1.04 bits per heavy atom. The van der Waals surface area contributed by atoms with Crippen molar-refractivity contribution < 1.29 is 19.4 Å². The summed E-state index contributed by atoms with van der Waals surface area (Å²) >= 11 is 0. The fourth-order valence-electron chi connectivity index (χ4n) is 2.37. The van der Waals surface area contributed by atoms with Crippen LogP contribution in [0.5, 0.6) is 5.75 Å². The van der Waals surface area contributed by atoms with Crippen molar-refractivity contribution in [2.75, 3.05) is 7.11 Å². The summed E-state index contributed by atoms with van der Waals surface area (Å²) in [4.78, 5) is 24.0. The Kier molecular flexibility index (Phi) is 6.37. The number of hydrogen-bond acceptors (Lipinski definition) is 4. The highest BCUT2D eigenvalue weighted by Crippen LogP contribution is 2.11. The van der Waals surface area contributed by atoms with Gasteiger partial charge in [0, 0.05) is 12.8 Å². The average molecular weight is 327 g/mol. The average Bonchev–Trinajstić information content (AvgIpc) is 2.61. The monoisotopic (exact) mass is 327 g/mol. The molecule has 2 N–H and O–H groups in total. The first-order chi connectivity index (χ1) is 11.6. The van der Waals surface area contributed by atoms with Crippen molar-refractivity contribution in [2.45, 2.75) is 25.3 Å². The number of aromatic hydroxyl groups is 1. The zero-order chi connectivity index (χ0) is 17.4. The summed E-state index contributed by atoms with van der Waals surface area (Å²) in [6.07, 6.45) is 1.18. The van der Waals surface area contributed by atoms with E-state index >= 15 is 0 Å². The number of esters is 1. The highest BCUT2D eigenvalue weighted by atomic mass is 16.5. The molecule has 5 heteroatoms. The van der Waals surface area contributed by atoms with Crippen molar-refractivity contribution in [3.8, 4) is 5.75 Å². The van der Waals surface area contributed by atoms with E-state index < -0.39 is 12.0 Å². The molecule has 0 fully saturated rings. The summed E-state index contributed by atoms with van der Waals surface area (Å²) in [6, 6.07) is 15.5. The third kappa shape index (κ3) is 5.43. The van der Waals surface area contributed by atoms with Gasteiger partial charge >= 0.3 is 5.97 Å². The molecule has 0 aliphatic heterocycles. The molecule has 1 amide bonds. The molecule has 2 rings (SSSR count). The smallest absolute Gasteiger partial charge is 0.328 e. The second-order valence-electron chi connectivity index (χ2n) is 5.50. The summed E-state index contributed by atoms with van der Waals surface area (Å²) in [6.45, 7) is 0. The summed E-state index contributed by atoms with van der Waals surface area (Å²) in [5, 5.41) is 12.0. The van der Waals surface area contributed by atoms with E-state index in [1.165, 1.54) is 7.11 Å². The van der Waals surface area contributed by atoms with Gasteiger partial charge < -0.3 is 15.2 Å². The van der Waals surface area contributed by atoms with Gasteiger partial charge in [0.05, 0.1) is 7.11 Å². The number of methoxy groups -OCH3 is 1. The van der Waals surface area contributed by atoms with Crippen LogP contribution in [0.3, 0.4) is 0 Å². The van der Waals surface area contributed by atoms with Gasteiger partial charge in [-0.3, -0.25) is 4.79 Å². The quantitative estimate of drug-likeness (QED) is 0.765. The maximum absolute atomic E-state index is 12.1. The van der Waals surface area contributed by atoms with E-state index in [1.54, 1.807) is 24.3 Å². The van der Waals surface area contributed by atoms with Gasteiger partial charge in [-0.25, -0.2) is 4.79 Å². The van der Waals surface area contributed by atoms with Crippen molar-refractivity contribution in [3.05, 3.63) is 65.7 Å². The lowest BCUT2D eigenvalue weighted by Gasteiger charge is -2.16. The molecular formula is C19H21NO4. The van der Waals surface area contributed by atoms with Gasteiger partial charge in [-0.1, -0.05) is 42.5 Å². The first kappa shape index (κ1) is 17.5. The van der Waals surface area contributed by atoms with Gasteiger partial charge in [0.25, 0.3) is 0 Å². The fourth-order valence-corrected chi connectivity index (χ4v) is 2.37. The van der Waals surface area contributed by atoms with Crippen LogP contribution in [0.25, 0.3) is 0 Å². The lowest BCUT2D eigenvalue weighted by atomic mass is 10.1.